The lowest BCUT2D eigenvalue weighted by atomic mass is 9.85. The minimum Gasteiger partial charge on any atom is -0.355 e. The molecule has 0 spiro atoms. The molecule has 3 N–H and O–H groups in total. The normalized spacial score (nSPS) is 11.8. The zero-order valence-electron chi connectivity index (χ0n) is 12.4. The highest BCUT2D eigenvalue weighted by molar-refractivity contribution is 5.83. The van der Waals surface area contributed by atoms with Crippen molar-refractivity contribution in [2.75, 3.05) is 5.32 Å². The minimum absolute atomic E-state index is 0.0283. The van der Waals surface area contributed by atoms with E-state index in [-0.39, 0.29) is 11.1 Å². The van der Waals surface area contributed by atoms with Crippen molar-refractivity contribution in [3.8, 4) is 0 Å². The summed E-state index contributed by atoms with van der Waals surface area (Å²) < 4.78 is 0. The number of nitrogens with one attached hydrogen (secondary N) is 3. The number of H-pyrrole nitrogens is 2. The van der Waals surface area contributed by atoms with Crippen LogP contribution in [0.5, 0.6) is 0 Å². The van der Waals surface area contributed by atoms with Crippen LogP contribution in [0.15, 0.2) is 47.3 Å². The first-order valence-corrected chi connectivity index (χ1v) is 7.02. The monoisotopic (exact) mass is 281 g/mol. The Kier molecular flexibility index (Phi) is 3.09. The van der Waals surface area contributed by atoms with Crippen molar-refractivity contribution < 1.29 is 0 Å². The second-order valence-corrected chi connectivity index (χ2v) is 6.26. The Morgan fingerprint density at radius 3 is 2.19 bits per heavy atom. The highest BCUT2D eigenvalue weighted by atomic mass is 16.1. The number of benzene rings is 2. The quantitative estimate of drug-likeness (QED) is 0.667. The van der Waals surface area contributed by atoms with E-state index in [4.69, 9.17) is 0 Å². The number of aromatic nitrogens is 2. The maximum Gasteiger partial charge on any atom is 0.323 e. The van der Waals surface area contributed by atoms with Gasteiger partial charge in [-0.2, -0.15) is 0 Å². The molecule has 4 heteroatoms. The van der Waals surface area contributed by atoms with Gasteiger partial charge in [0.05, 0.1) is 11.0 Å². The highest BCUT2D eigenvalue weighted by Gasteiger charge is 2.19. The SMILES string of the molecule is CC(C)(C)c1cc2[nH]c(=O)[nH]c2cc1Nc1ccccc1. The molecule has 0 saturated carbocycles. The van der Waals surface area contributed by atoms with E-state index in [0.29, 0.717) is 0 Å². The Balaban J connectivity index is 2.16. The molecule has 0 fully saturated rings. The Morgan fingerprint density at radius 1 is 0.952 bits per heavy atom. The summed E-state index contributed by atoms with van der Waals surface area (Å²) in [5.41, 5.74) is 4.64. The first kappa shape index (κ1) is 13.5. The van der Waals surface area contributed by atoms with Gasteiger partial charge < -0.3 is 15.3 Å². The van der Waals surface area contributed by atoms with Crippen molar-refractivity contribution in [2.24, 2.45) is 0 Å². The summed E-state index contributed by atoms with van der Waals surface area (Å²) in [5.74, 6) is 0. The maximum absolute atomic E-state index is 11.5. The van der Waals surface area contributed by atoms with Gasteiger partial charge in [0.25, 0.3) is 0 Å². The van der Waals surface area contributed by atoms with E-state index in [1.165, 1.54) is 0 Å². The van der Waals surface area contributed by atoms with Crippen LogP contribution in [0.25, 0.3) is 11.0 Å². The van der Waals surface area contributed by atoms with Gasteiger partial charge in [-0.1, -0.05) is 39.0 Å². The number of anilines is 2. The maximum atomic E-state index is 11.5. The number of imidazole rings is 1. The van der Waals surface area contributed by atoms with E-state index in [1.54, 1.807) is 0 Å². The predicted molar refractivity (Wildman–Crippen MR) is 87.3 cm³/mol. The standard InChI is InChI=1S/C17H19N3O/c1-17(2,3)12-9-14-15(20-16(21)19-14)10-13(12)18-11-7-5-4-6-8-11/h4-10,18H,1-3H3,(H2,19,20,21). The molecule has 3 aromatic rings. The molecule has 0 bridgehead atoms. The fraction of sp³-hybridized carbons (Fsp3) is 0.235. The average Bonchev–Trinajstić information content (AvgIpc) is 2.77. The zero-order chi connectivity index (χ0) is 15.0. The van der Waals surface area contributed by atoms with E-state index >= 15 is 0 Å². The molecule has 0 aliphatic heterocycles. The van der Waals surface area contributed by atoms with Crippen molar-refractivity contribution >= 4 is 22.4 Å². The summed E-state index contributed by atoms with van der Waals surface area (Å²) >= 11 is 0. The molecule has 0 saturated heterocycles. The van der Waals surface area contributed by atoms with E-state index in [9.17, 15) is 4.79 Å². The molecule has 0 aliphatic carbocycles. The lowest BCUT2D eigenvalue weighted by molar-refractivity contribution is 0.593. The number of para-hydroxylation sites is 1. The van der Waals surface area contributed by atoms with Crippen molar-refractivity contribution in [1.29, 1.82) is 0 Å². The number of rotatable bonds is 2. The molecule has 1 heterocycles. The summed E-state index contributed by atoms with van der Waals surface area (Å²) in [7, 11) is 0. The second kappa shape index (κ2) is 4.81. The Labute approximate surface area is 123 Å². The predicted octanol–water partition coefficient (Wildman–Crippen LogP) is 3.90. The molecule has 21 heavy (non-hydrogen) atoms. The van der Waals surface area contributed by atoms with Gasteiger partial charge in [0.2, 0.25) is 0 Å². The van der Waals surface area contributed by atoms with Gasteiger partial charge in [0, 0.05) is 11.4 Å². The van der Waals surface area contributed by atoms with Crippen molar-refractivity contribution in [1.82, 2.24) is 9.97 Å². The van der Waals surface area contributed by atoms with E-state index in [2.05, 4.69) is 36.1 Å². The third-order valence-corrected chi connectivity index (χ3v) is 3.51. The smallest absolute Gasteiger partial charge is 0.323 e. The molecule has 0 amide bonds. The number of hydrogen-bond acceptors (Lipinski definition) is 2. The van der Waals surface area contributed by atoms with E-state index in [0.717, 1.165) is 28.0 Å². The summed E-state index contributed by atoms with van der Waals surface area (Å²) in [6, 6.07) is 14.1. The van der Waals surface area contributed by atoms with Crippen LogP contribution in [-0.2, 0) is 5.41 Å². The van der Waals surface area contributed by atoms with Crippen LogP contribution in [0.2, 0.25) is 0 Å². The zero-order valence-corrected chi connectivity index (χ0v) is 12.4. The topological polar surface area (TPSA) is 60.7 Å². The summed E-state index contributed by atoms with van der Waals surface area (Å²) in [6.45, 7) is 6.49. The van der Waals surface area contributed by atoms with E-state index < -0.39 is 0 Å². The fourth-order valence-electron chi connectivity index (χ4n) is 2.48. The molecule has 0 unspecified atom stereocenters. The molecular formula is C17H19N3O. The van der Waals surface area contributed by atoms with Crippen LogP contribution in [0.3, 0.4) is 0 Å². The van der Waals surface area contributed by atoms with Gasteiger partial charge in [0.1, 0.15) is 0 Å². The Bertz CT molecular complexity index is 823. The van der Waals surface area contributed by atoms with Gasteiger partial charge in [-0.05, 0) is 35.2 Å². The van der Waals surface area contributed by atoms with Gasteiger partial charge in [-0.25, -0.2) is 4.79 Å². The summed E-state index contributed by atoms with van der Waals surface area (Å²) in [5, 5.41) is 3.44. The highest BCUT2D eigenvalue weighted by Crippen LogP contribution is 2.33. The Hall–Kier alpha value is -2.49. The fourth-order valence-corrected chi connectivity index (χ4v) is 2.48. The molecule has 108 valence electrons. The molecule has 0 atom stereocenters. The van der Waals surface area contributed by atoms with Crippen LogP contribution in [-0.4, -0.2) is 9.97 Å². The second-order valence-electron chi connectivity index (χ2n) is 6.26. The van der Waals surface area contributed by atoms with Crippen molar-refractivity contribution in [3.05, 3.63) is 58.5 Å². The molecular weight excluding hydrogens is 262 g/mol. The van der Waals surface area contributed by atoms with Crippen LogP contribution < -0.4 is 11.0 Å². The van der Waals surface area contributed by atoms with Crippen LogP contribution in [0, 0.1) is 0 Å². The lowest BCUT2D eigenvalue weighted by Crippen LogP contribution is -2.13. The number of hydrogen-bond donors (Lipinski definition) is 3. The molecule has 4 nitrogen and oxygen atoms in total. The molecule has 1 aromatic heterocycles. The van der Waals surface area contributed by atoms with Gasteiger partial charge in [-0.15, -0.1) is 0 Å². The van der Waals surface area contributed by atoms with Gasteiger partial charge in [0.15, 0.2) is 0 Å². The first-order valence-electron chi connectivity index (χ1n) is 7.02. The van der Waals surface area contributed by atoms with Gasteiger partial charge >= 0.3 is 5.69 Å². The Morgan fingerprint density at radius 2 is 1.57 bits per heavy atom. The largest absolute Gasteiger partial charge is 0.355 e. The van der Waals surface area contributed by atoms with Crippen LogP contribution in [0.1, 0.15) is 26.3 Å². The lowest BCUT2D eigenvalue weighted by Gasteiger charge is -2.23. The van der Waals surface area contributed by atoms with E-state index in [1.807, 2.05) is 42.5 Å². The molecule has 3 rings (SSSR count). The van der Waals surface area contributed by atoms with Gasteiger partial charge in [-0.3, -0.25) is 0 Å². The molecule has 0 radical (unpaired) electrons. The first-order chi connectivity index (χ1) is 9.93. The van der Waals surface area contributed by atoms with Crippen LogP contribution in [0.4, 0.5) is 11.4 Å². The van der Waals surface area contributed by atoms with Crippen molar-refractivity contribution in [3.63, 3.8) is 0 Å². The average molecular weight is 281 g/mol. The van der Waals surface area contributed by atoms with Crippen LogP contribution >= 0.6 is 0 Å². The summed E-state index contributed by atoms with van der Waals surface area (Å²) in [4.78, 5) is 17.1. The third-order valence-electron chi connectivity index (χ3n) is 3.51. The molecule has 2 aromatic carbocycles. The number of fused-ring (bicyclic) bond motifs is 1. The third kappa shape index (κ3) is 2.70. The molecule has 0 aliphatic rings. The summed E-state index contributed by atoms with van der Waals surface area (Å²) in [6.07, 6.45) is 0. The minimum atomic E-state index is -0.179. The van der Waals surface area contributed by atoms with Crippen molar-refractivity contribution in [2.45, 2.75) is 26.2 Å². The number of aromatic amines is 2.